The van der Waals surface area contributed by atoms with E-state index in [4.69, 9.17) is 42.7 Å². The number of likely N-dealkylation sites (tertiary alicyclic amines) is 1. The summed E-state index contributed by atoms with van der Waals surface area (Å²) in [5.74, 6) is -4.72. The van der Waals surface area contributed by atoms with E-state index >= 15 is 0 Å². The number of nitrogens with two attached hydrogens (primary N) is 4. The lowest BCUT2D eigenvalue weighted by molar-refractivity contribution is -0.145. The van der Waals surface area contributed by atoms with Gasteiger partial charge >= 0.3 is 5.97 Å². The standard InChI is InChI=1S/C21H40N8O6.2C2H4O2/c1-12(30)16(23)18(32)27-13(6-2-3-9-22)19(33)29-11-5-8-15(29)17(31)28-14(20(34)35)7-4-10-26-21(24)25;2*1-2(3)4/h12-16,30H,2-11,22-23H2,1H3,(H,27,32)(H,28,31)(H,34,35)(H4,24,25,26);2*1H3,(H,3,4)/t12-,13+,14+,15+,16+;;/m1../s1. The predicted molar refractivity (Wildman–Crippen MR) is 155 cm³/mol. The number of aliphatic hydroxyl groups is 1. The van der Waals surface area contributed by atoms with Crippen molar-refractivity contribution in [3.63, 3.8) is 0 Å². The zero-order valence-corrected chi connectivity index (χ0v) is 24.9. The summed E-state index contributed by atoms with van der Waals surface area (Å²) in [7, 11) is 0. The molecule has 0 bridgehead atoms. The first-order valence-corrected chi connectivity index (χ1v) is 13.7. The highest BCUT2D eigenvalue weighted by Gasteiger charge is 2.39. The Labute approximate surface area is 250 Å². The van der Waals surface area contributed by atoms with E-state index in [1.54, 1.807) is 0 Å². The van der Waals surface area contributed by atoms with Crippen molar-refractivity contribution >= 4 is 41.6 Å². The summed E-state index contributed by atoms with van der Waals surface area (Å²) in [6.45, 7) is 4.45. The van der Waals surface area contributed by atoms with Crippen LogP contribution in [0.2, 0.25) is 0 Å². The van der Waals surface area contributed by atoms with E-state index in [-0.39, 0.29) is 31.9 Å². The lowest BCUT2D eigenvalue weighted by Gasteiger charge is -2.30. The molecule has 0 aromatic rings. The van der Waals surface area contributed by atoms with Crippen LogP contribution in [0, 0.1) is 0 Å². The molecular formula is C25H48N8O10. The molecule has 3 amide bonds. The van der Waals surface area contributed by atoms with Gasteiger partial charge in [0.1, 0.15) is 24.2 Å². The number of carboxylic acids is 3. The van der Waals surface area contributed by atoms with Gasteiger partial charge in [0.15, 0.2) is 5.96 Å². The number of aliphatic imine (C=N–C) groups is 1. The van der Waals surface area contributed by atoms with E-state index in [9.17, 15) is 29.4 Å². The number of carboxylic acid groups (broad SMARTS) is 3. The lowest BCUT2D eigenvalue weighted by Crippen LogP contribution is -2.57. The smallest absolute Gasteiger partial charge is 0.326 e. The summed E-state index contributed by atoms with van der Waals surface area (Å²) in [6, 6.07) is -4.21. The van der Waals surface area contributed by atoms with Crippen LogP contribution in [0.5, 0.6) is 0 Å². The van der Waals surface area contributed by atoms with Crippen molar-refractivity contribution in [3.05, 3.63) is 0 Å². The highest BCUT2D eigenvalue weighted by Crippen LogP contribution is 2.20. The zero-order valence-electron chi connectivity index (χ0n) is 24.9. The van der Waals surface area contributed by atoms with Gasteiger partial charge in [-0.15, -0.1) is 0 Å². The van der Waals surface area contributed by atoms with Crippen molar-refractivity contribution in [3.8, 4) is 0 Å². The molecule has 18 nitrogen and oxygen atoms in total. The zero-order chi connectivity index (χ0) is 33.7. The van der Waals surface area contributed by atoms with E-state index < -0.39 is 65.9 Å². The SMILES string of the molecule is CC(=O)O.CC(=O)O.C[C@@H](O)[C@H](N)C(=O)N[C@@H](CCCCN)C(=O)N1CCC[C@H]1C(=O)N[C@@H](CCCN=C(N)N)C(=O)O. The molecule has 0 radical (unpaired) electrons. The lowest BCUT2D eigenvalue weighted by atomic mass is 10.1. The van der Waals surface area contributed by atoms with Crippen LogP contribution in [0.15, 0.2) is 4.99 Å². The third-order valence-electron chi connectivity index (χ3n) is 5.78. The topological polar surface area (TPSA) is 327 Å². The van der Waals surface area contributed by atoms with Crippen LogP contribution in [0.25, 0.3) is 0 Å². The van der Waals surface area contributed by atoms with Crippen molar-refractivity contribution in [2.24, 2.45) is 27.9 Å². The fourth-order valence-electron chi connectivity index (χ4n) is 3.77. The van der Waals surface area contributed by atoms with Gasteiger partial charge in [-0.1, -0.05) is 0 Å². The number of aliphatic carboxylic acids is 3. The molecular weight excluding hydrogens is 572 g/mol. The second kappa shape index (κ2) is 22.6. The van der Waals surface area contributed by atoms with Crippen LogP contribution in [0.3, 0.4) is 0 Å². The van der Waals surface area contributed by atoms with Crippen molar-refractivity contribution < 1.29 is 49.2 Å². The van der Waals surface area contributed by atoms with Gasteiger partial charge in [0.25, 0.3) is 11.9 Å². The average molecular weight is 621 g/mol. The van der Waals surface area contributed by atoms with Crippen molar-refractivity contribution in [1.82, 2.24) is 15.5 Å². The molecule has 0 spiro atoms. The second-order valence-electron chi connectivity index (χ2n) is 9.69. The molecule has 1 saturated heterocycles. The fraction of sp³-hybridized carbons (Fsp3) is 0.720. The summed E-state index contributed by atoms with van der Waals surface area (Å²) in [6.07, 6.45) is 1.69. The first kappa shape index (κ1) is 41.1. The molecule has 14 N–H and O–H groups in total. The monoisotopic (exact) mass is 620 g/mol. The van der Waals surface area contributed by atoms with Gasteiger partial charge in [0, 0.05) is 26.9 Å². The number of carbonyl (C=O) groups excluding carboxylic acids is 3. The maximum Gasteiger partial charge on any atom is 0.326 e. The molecule has 1 rings (SSSR count). The Morgan fingerprint density at radius 3 is 1.93 bits per heavy atom. The molecule has 1 fully saturated rings. The molecule has 248 valence electrons. The van der Waals surface area contributed by atoms with E-state index in [1.807, 2.05) is 0 Å². The molecule has 0 aromatic carbocycles. The molecule has 0 aromatic heterocycles. The molecule has 5 atom stereocenters. The molecule has 0 aliphatic carbocycles. The van der Waals surface area contributed by atoms with Crippen LogP contribution in [0.1, 0.15) is 65.7 Å². The normalized spacial score (nSPS) is 16.4. The second-order valence-corrected chi connectivity index (χ2v) is 9.69. The van der Waals surface area contributed by atoms with E-state index in [0.717, 1.165) is 13.8 Å². The minimum absolute atomic E-state index is 0.105. The van der Waals surface area contributed by atoms with E-state index in [2.05, 4.69) is 15.6 Å². The summed E-state index contributed by atoms with van der Waals surface area (Å²) < 4.78 is 0. The number of nitrogens with zero attached hydrogens (tertiary/aromatic N) is 2. The Morgan fingerprint density at radius 1 is 0.930 bits per heavy atom. The Balaban J connectivity index is 0. The third-order valence-corrected chi connectivity index (χ3v) is 5.78. The van der Waals surface area contributed by atoms with Crippen molar-refractivity contribution in [2.45, 2.75) is 96.0 Å². The summed E-state index contributed by atoms with van der Waals surface area (Å²) in [5.41, 5.74) is 21.7. The number of nitrogens with one attached hydrogen (secondary N) is 2. The largest absolute Gasteiger partial charge is 0.481 e. The number of hydrogen-bond donors (Lipinski definition) is 10. The van der Waals surface area contributed by atoms with Crippen LogP contribution in [-0.4, -0.2) is 117 Å². The molecule has 43 heavy (non-hydrogen) atoms. The predicted octanol–water partition coefficient (Wildman–Crippen LogP) is -2.90. The molecule has 1 aliphatic heterocycles. The highest BCUT2D eigenvalue weighted by molar-refractivity contribution is 5.94. The Morgan fingerprint density at radius 2 is 1.47 bits per heavy atom. The van der Waals surface area contributed by atoms with Gasteiger partial charge in [-0.25, -0.2) is 4.79 Å². The van der Waals surface area contributed by atoms with E-state index in [0.29, 0.717) is 38.6 Å². The molecule has 1 heterocycles. The fourth-order valence-corrected chi connectivity index (χ4v) is 3.77. The first-order chi connectivity index (χ1) is 20.0. The minimum atomic E-state index is -1.22. The van der Waals surface area contributed by atoms with Crippen LogP contribution < -0.4 is 33.6 Å². The van der Waals surface area contributed by atoms with Gasteiger partial charge in [-0.3, -0.25) is 29.0 Å². The summed E-state index contributed by atoms with van der Waals surface area (Å²) >= 11 is 0. The third kappa shape index (κ3) is 19.7. The molecule has 0 saturated carbocycles. The maximum atomic E-state index is 13.3. The highest BCUT2D eigenvalue weighted by atomic mass is 16.4. The summed E-state index contributed by atoms with van der Waals surface area (Å²) in [4.78, 5) is 73.4. The number of hydrogen-bond acceptors (Lipinski definition) is 10. The van der Waals surface area contributed by atoms with Crippen molar-refractivity contribution in [2.75, 3.05) is 19.6 Å². The van der Waals surface area contributed by atoms with Gasteiger partial charge in [-0.2, -0.15) is 0 Å². The molecule has 18 heteroatoms. The number of guanidine groups is 1. The Kier molecular flexibility index (Phi) is 21.6. The van der Waals surface area contributed by atoms with Gasteiger partial charge in [-0.05, 0) is 58.4 Å². The Bertz CT molecular complexity index is 923. The van der Waals surface area contributed by atoms with Crippen molar-refractivity contribution in [1.29, 1.82) is 0 Å². The average Bonchev–Trinajstić information content (AvgIpc) is 3.38. The van der Waals surface area contributed by atoms with Crippen LogP contribution >= 0.6 is 0 Å². The maximum absolute atomic E-state index is 13.3. The minimum Gasteiger partial charge on any atom is -0.481 e. The first-order valence-electron chi connectivity index (χ1n) is 13.7. The number of rotatable bonds is 15. The number of aliphatic hydroxyl groups excluding tert-OH is 1. The van der Waals surface area contributed by atoms with E-state index in [1.165, 1.54) is 11.8 Å². The summed E-state index contributed by atoms with van der Waals surface area (Å²) in [5, 5.41) is 39.0. The quantitative estimate of drug-likeness (QED) is 0.0499. The van der Waals surface area contributed by atoms with Crippen LogP contribution in [0.4, 0.5) is 0 Å². The number of carbonyl (C=O) groups is 6. The molecule has 1 aliphatic rings. The van der Waals surface area contributed by atoms with Crippen LogP contribution in [-0.2, 0) is 28.8 Å². The van der Waals surface area contributed by atoms with Gasteiger partial charge in [0.2, 0.25) is 17.7 Å². The Hall–Kier alpha value is -4.03. The number of unbranched alkanes of at least 4 members (excludes halogenated alkanes) is 1. The van der Waals surface area contributed by atoms with Gasteiger partial charge in [0.05, 0.1) is 6.10 Å². The van der Waals surface area contributed by atoms with Gasteiger partial charge < -0.3 is 58.9 Å². The number of amides is 3. The molecule has 0 unspecified atom stereocenters.